The van der Waals surface area contributed by atoms with Gasteiger partial charge in [0.05, 0.1) is 11.1 Å². The number of nitro groups is 1. The molecule has 0 saturated heterocycles. The van der Waals surface area contributed by atoms with Crippen LogP contribution in [0.15, 0.2) is 40.9 Å². The van der Waals surface area contributed by atoms with Gasteiger partial charge in [-0.15, -0.1) is 0 Å². The van der Waals surface area contributed by atoms with Gasteiger partial charge in [-0.2, -0.15) is 0 Å². The maximum atomic E-state index is 12.2. The minimum absolute atomic E-state index is 0.125. The molecule has 1 amide bonds. The number of amides is 1. The number of furan rings is 1. The van der Waals surface area contributed by atoms with E-state index >= 15 is 0 Å². The summed E-state index contributed by atoms with van der Waals surface area (Å²) in [6.45, 7) is 0. The number of aryl methyl sites for hydroxylation is 1. The topological polar surface area (TPSA) is 128 Å². The summed E-state index contributed by atoms with van der Waals surface area (Å²) in [7, 11) is 1.53. The molecular formula is C15H11N3O6. The Morgan fingerprint density at radius 2 is 2.04 bits per heavy atom. The lowest BCUT2D eigenvalue weighted by Gasteiger charge is -2.05. The van der Waals surface area contributed by atoms with Crippen molar-refractivity contribution in [3.63, 3.8) is 0 Å². The number of nitrogens with zero attached hydrogens (tertiary/aromatic N) is 2. The summed E-state index contributed by atoms with van der Waals surface area (Å²) < 4.78 is 6.49. The molecule has 3 rings (SSSR count). The summed E-state index contributed by atoms with van der Waals surface area (Å²) in [6, 6.07) is 7.16. The number of benzene rings is 1. The zero-order valence-electron chi connectivity index (χ0n) is 12.3. The maximum absolute atomic E-state index is 12.2. The lowest BCUT2D eigenvalue weighted by molar-refractivity contribution is -0.384. The van der Waals surface area contributed by atoms with Crippen LogP contribution in [0.2, 0.25) is 0 Å². The first-order valence-corrected chi connectivity index (χ1v) is 6.74. The number of aromatic nitrogens is 1. The second kappa shape index (κ2) is 5.54. The summed E-state index contributed by atoms with van der Waals surface area (Å²) >= 11 is 0. The second-order valence-electron chi connectivity index (χ2n) is 5.07. The fourth-order valence-electron chi connectivity index (χ4n) is 2.29. The summed E-state index contributed by atoms with van der Waals surface area (Å²) in [5.41, 5.74) is 0.730. The van der Waals surface area contributed by atoms with Crippen LogP contribution in [0, 0.1) is 10.1 Å². The van der Waals surface area contributed by atoms with Crippen LogP contribution in [0.3, 0.4) is 0 Å². The van der Waals surface area contributed by atoms with E-state index in [9.17, 15) is 19.7 Å². The van der Waals surface area contributed by atoms with Crippen molar-refractivity contribution in [2.75, 3.05) is 5.32 Å². The molecule has 2 N–H and O–H groups in total. The van der Waals surface area contributed by atoms with Crippen LogP contribution < -0.4 is 5.32 Å². The average Bonchev–Trinajstić information content (AvgIpc) is 3.10. The lowest BCUT2D eigenvalue weighted by Crippen LogP contribution is -2.15. The Labute approximate surface area is 134 Å². The number of fused-ring (bicyclic) bond motifs is 1. The van der Waals surface area contributed by atoms with Crippen molar-refractivity contribution in [2.24, 2.45) is 7.05 Å². The molecule has 2 heterocycles. The summed E-state index contributed by atoms with van der Waals surface area (Å²) in [5.74, 6) is -1.91. The first-order valence-electron chi connectivity index (χ1n) is 6.74. The van der Waals surface area contributed by atoms with E-state index in [0.29, 0.717) is 16.7 Å². The van der Waals surface area contributed by atoms with Gasteiger partial charge in [-0.05, 0) is 24.3 Å². The van der Waals surface area contributed by atoms with Gasteiger partial charge in [0, 0.05) is 24.2 Å². The minimum atomic E-state index is -1.19. The van der Waals surface area contributed by atoms with E-state index in [1.807, 2.05) is 0 Å². The van der Waals surface area contributed by atoms with Crippen LogP contribution in [0.5, 0.6) is 0 Å². The quantitative estimate of drug-likeness (QED) is 0.559. The number of carbonyl (C=O) groups excluding carboxylic acids is 1. The second-order valence-corrected chi connectivity index (χ2v) is 5.07. The molecule has 0 unspecified atom stereocenters. The summed E-state index contributed by atoms with van der Waals surface area (Å²) in [4.78, 5) is 33.3. The number of rotatable bonds is 4. The number of carboxylic acid groups (broad SMARTS) is 1. The number of hydrogen-bond acceptors (Lipinski definition) is 5. The first-order chi connectivity index (χ1) is 11.3. The fraction of sp³-hybridized carbons (Fsp3) is 0.0667. The standard InChI is InChI=1S/C15H11N3O6/c1-17-7-10(18(22)23)6-11(17)14(19)16-9-2-3-12-8(4-9)5-13(24-12)15(20)21/h2-7H,1H3,(H,16,19)(H,20,21). The highest BCUT2D eigenvalue weighted by Crippen LogP contribution is 2.24. The highest BCUT2D eigenvalue weighted by atomic mass is 16.6. The van der Waals surface area contributed by atoms with Gasteiger partial charge in [-0.3, -0.25) is 14.9 Å². The largest absolute Gasteiger partial charge is 0.475 e. The third kappa shape index (κ3) is 2.70. The molecule has 0 spiro atoms. The van der Waals surface area contributed by atoms with Gasteiger partial charge in [0.25, 0.3) is 11.6 Å². The van der Waals surface area contributed by atoms with Gasteiger partial charge >= 0.3 is 5.97 Å². The fourth-order valence-corrected chi connectivity index (χ4v) is 2.29. The molecule has 9 heteroatoms. The van der Waals surface area contributed by atoms with Crippen LogP contribution in [-0.4, -0.2) is 26.5 Å². The molecule has 9 nitrogen and oxygen atoms in total. The number of nitrogens with one attached hydrogen (secondary N) is 1. The molecular weight excluding hydrogens is 318 g/mol. The number of aromatic carboxylic acids is 1. The van der Waals surface area contributed by atoms with Gasteiger partial charge in [0.1, 0.15) is 11.3 Å². The number of carboxylic acids is 1. The molecule has 1 aromatic carbocycles. The molecule has 3 aromatic rings. The Kier molecular flexibility index (Phi) is 3.53. The van der Waals surface area contributed by atoms with Gasteiger partial charge in [-0.1, -0.05) is 0 Å². The van der Waals surface area contributed by atoms with Crippen molar-refractivity contribution in [3.05, 3.63) is 58.1 Å². The van der Waals surface area contributed by atoms with E-state index in [1.54, 1.807) is 12.1 Å². The molecule has 0 bridgehead atoms. The number of carbonyl (C=O) groups is 2. The van der Waals surface area contributed by atoms with Crippen molar-refractivity contribution >= 4 is 34.2 Å². The lowest BCUT2D eigenvalue weighted by atomic mass is 10.2. The van der Waals surface area contributed by atoms with Crippen molar-refractivity contribution < 1.29 is 24.0 Å². The average molecular weight is 329 g/mol. The van der Waals surface area contributed by atoms with E-state index in [0.717, 1.165) is 0 Å². The molecule has 0 saturated carbocycles. The molecule has 0 atom stereocenters. The Morgan fingerprint density at radius 1 is 1.29 bits per heavy atom. The molecule has 0 fully saturated rings. The van der Waals surface area contributed by atoms with Crippen molar-refractivity contribution in [1.82, 2.24) is 4.57 Å². The predicted octanol–water partition coefficient (Wildman–Crippen LogP) is 2.63. The zero-order valence-corrected chi connectivity index (χ0v) is 12.3. The van der Waals surface area contributed by atoms with Crippen LogP contribution in [0.25, 0.3) is 11.0 Å². The van der Waals surface area contributed by atoms with E-state index in [1.165, 1.54) is 36.0 Å². The zero-order chi connectivity index (χ0) is 17.4. The smallest absolute Gasteiger partial charge is 0.371 e. The van der Waals surface area contributed by atoms with Crippen LogP contribution in [0.1, 0.15) is 21.0 Å². The van der Waals surface area contributed by atoms with Gasteiger partial charge < -0.3 is 19.4 Å². The van der Waals surface area contributed by atoms with E-state index in [-0.39, 0.29) is 17.1 Å². The maximum Gasteiger partial charge on any atom is 0.371 e. The Bertz CT molecular complexity index is 984. The first kappa shape index (κ1) is 15.3. The molecule has 0 radical (unpaired) electrons. The number of anilines is 1. The van der Waals surface area contributed by atoms with Gasteiger partial charge in [0.15, 0.2) is 0 Å². The normalized spacial score (nSPS) is 10.7. The third-order valence-electron chi connectivity index (χ3n) is 3.42. The Hall–Kier alpha value is -3.62. The highest BCUT2D eigenvalue weighted by molar-refractivity contribution is 6.04. The third-order valence-corrected chi connectivity index (χ3v) is 3.42. The van der Waals surface area contributed by atoms with Crippen molar-refractivity contribution in [2.45, 2.75) is 0 Å². The molecule has 2 aromatic heterocycles. The SMILES string of the molecule is Cn1cc([N+](=O)[O-])cc1C(=O)Nc1ccc2oc(C(=O)O)cc2c1. The van der Waals surface area contributed by atoms with E-state index in [4.69, 9.17) is 9.52 Å². The number of hydrogen-bond donors (Lipinski definition) is 2. The van der Waals surface area contributed by atoms with E-state index < -0.39 is 16.8 Å². The monoisotopic (exact) mass is 329 g/mol. The molecule has 0 aliphatic carbocycles. The summed E-state index contributed by atoms with van der Waals surface area (Å²) in [5, 5.41) is 22.8. The van der Waals surface area contributed by atoms with Gasteiger partial charge in [-0.25, -0.2) is 4.79 Å². The highest BCUT2D eigenvalue weighted by Gasteiger charge is 2.18. The van der Waals surface area contributed by atoms with Crippen molar-refractivity contribution in [3.8, 4) is 0 Å². The van der Waals surface area contributed by atoms with E-state index in [2.05, 4.69) is 5.32 Å². The summed E-state index contributed by atoms with van der Waals surface area (Å²) in [6.07, 6.45) is 1.24. The van der Waals surface area contributed by atoms with Crippen LogP contribution in [0.4, 0.5) is 11.4 Å². The Balaban J connectivity index is 1.87. The predicted molar refractivity (Wildman–Crippen MR) is 83.2 cm³/mol. The molecule has 122 valence electrons. The van der Waals surface area contributed by atoms with Crippen LogP contribution >= 0.6 is 0 Å². The van der Waals surface area contributed by atoms with Crippen LogP contribution in [-0.2, 0) is 7.05 Å². The molecule has 0 aliphatic rings. The van der Waals surface area contributed by atoms with Gasteiger partial charge in [0.2, 0.25) is 5.76 Å². The molecule has 24 heavy (non-hydrogen) atoms. The Morgan fingerprint density at radius 3 is 2.67 bits per heavy atom. The molecule has 0 aliphatic heterocycles. The van der Waals surface area contributed by atoms with Crippen molar-refractivity contribution in [1.29, 1.82) is 0 Å². The minimum Gasteiger partial charge on any atom is -0.475 e.